The number of aliphatic imine (C=N–C) groups is 1. The quantitative estimate of drug-likeness (QED) is 0.231. The van der Waals surface area contributed by atoms with Gasteiger partial charge in [0.2, 0.25) is 5.91 Å². The van der Waals surface area contributed by atoms with E-state index in [4.69, 9.17) is 0 Å². The van der Waals surface area contributed by atoms with Crippen molar-refractivity contribution in [2.45, 2.75) is 37.8 Å². The number of likely N-dealkylation sites (tertiary alicyclic amines) is 1. The first-order valence-electron chi connectivity index (χ1n) is 11.0. The molecule has 0 aromatic heterocycles. The number of carbonyl (C=O) groups is 1. The minimum atomic E-state index is -0.564. The van der Waals surface area contributed by atoms with E-state index >= 15 is 0 Å². The van der Waals surface area contributed by atoms with Crippen molar-refractivity contribution in [2.75, 3.05) is 58.8 Å². The van der Waals surface area contributed by atoms with Crippen LogP contribution in [0.15, 0.2) is 23.2 Å². The lowest BCUT2D eigenvalue weighted by molar-refractivity contribution is -0.133. The molecule has 2 aliphatic heterocycles. The second-order valence-corrected chi connectivity index (χ2v) is 8.45. The second kappa shape index (κ2) is 12.5. The highest BCUT2D eigenvalue weighted by molar-refractivity contribution is 14.0. The Hall–Kier alpha value is -1.69. The van der Waals surface area contributed by atoms with Crippen molar-refractivity contribution in [1.82, 2.24) is 20.4 Å². The fraction of sp³-hybridized carbons (Fsp3) is 0.636. The Morgan fingerprint density at radius 3 is 2.72 bits per heavy atom. The van der Waals surface area contributed by atoms with E-state index in [-0.39, 0.29) is 42.0 Å². The molecule has 3 rings (SSSR count). The van der Waals surface area contributed by atoms with Gasteiger partial charge < -0.3 is 20.4 Å². The molecular weight excluding hydrogens is 529 g/mol. The van der Waals surface area contributed by atoms with Crippen LogP contribution < -0.4 is 15.5 Å². The van der Waals surface area contributed by atoms with Crippen LogP contribution in [0.3, 0.4) is 0 Å². The third-order valence-corrected chi connectivity index (χ3v) is 6.01. The Labute approximate surface area is 206 Å². The normalized spacial score (nSPS) is 21.4. The summed E-state index contributed by atoms with van der Waals surface area (Å²) < 4.78 is 27.2. The van der Waals surface area contributed by atoms with E-state index in [2.05, 4.69) is 20.5 Å². The third kappa shape index (κ3) is 6.90. The number of hydrogen-bond donors (Lipinski definition) is 2. The maximum atomic E-state index is 14.0. The van der Waals surface area contributed by atoms with Gasteiger partial charge in [-0.1, -0.05) is 0 Å². The van der Waals surface area contributed by atoms with Crippen LogP contribution in [-0.4, -0.2) is 87.6 Å². The zero-order valence-electron chi connectivity index (χ0n) is 19.1. The number of benzene rings is 1. The Balaban J connectivity index is 0.00000363. The second-order valence-electron chi connectivity index (χ2n) is 8.45. The van der Waals surface area contributed by atoms with Gasteiger partial charge in [-0.2, -0.15) is 0 Å². The molecule has 0 spiro atoms. The highest BCUT2D eigenvalue weighted by atomic mass is 127. The number of nitrogens with one attached hydrogen (secondary N) is 2. The van der Waals surface area contributed by atoms with Crippen LogP contribution in [-0.2, 0) is 4.79 Å². The monoisotopic (exact) mass is 564 g/mol. The zero-order valence-corrected chi connectivity index (χ0v) is 21.4. The van der Waals surface area contributed by atoms with Crippen molar-refractivity contribution in [3.05, 3.63) is 29.8 Å². The molecule has 7 nitrogen and oxygen atoms in total. The summed E-state index contributed by atoms with van der Waals surface area (Å²) in [5, 5.41) is 6.73. The van der Waals surface area contributed by atoms with Gasteiger partial charge in [0.25, 0.3) is 0 Å². The summed E-state index contributed by atoms with van der Waals surface area (Å²) in [6.07, 6.45) is 3.75. The standard InChI is InChI=1S/C22H34F2N6O.HI/c1-25-22(26-10-5-12-29-11-4-6-20(29)21(31)28(2)3)27-17-9-13-30(15-17)19-8-7-16(23)14-18(19)24;/h7-8,14,17,20H,4-6,9-13,15H2,1-3H3,(H2,25,26,27);1H. The van der Waals surface area contributed by atoms with Crippen molar-refractivity contribution < 1.29 is 13.6 Å². The summed E-state index contributed by atoms with van der Waals surface area (Å²) >= 11 is 0. The number of likely N-dealkylation sites (N-methyl/N-ethyl adjacent to an activating group) is 1. The number of carbonyl (C=O) groups excluding carboxylic acids is 1. The Kier molecular flexibility index (Phi) is 10.4. The van der Waals surface area contributed by atoms with Crippen LogP contribution in [0.1, 0.15) is 25.7 Å². The van der Waals surface area contributed by atoms with Gasteiger partial charge in [-0.25, -0.2) is 8.78 Å². The minimum absolute atomic E-state index is 0. The number of guanidine groups is 1. The molecule has 2 fully saturated rings. The lowest BCUT2D eigenvalue weighted by Gasteiger charge is -2.26. The zero-order chi connectivity index (χ0) is 22.4. The molecule has 180 valence electrons. The van der Waals surface area contributed by atoms with Crippen LogP contribution in [0.5, 0.6) is 0 Å². The molecular formula is C22H35F2IN6O. The van der Waals surface area contributed by atoms with Crippen molar-refractivity contribution >= 4 is 41.5 Å². The predicted octanol–water partition coefficient (Wildman–Crippen LogP) is 2.27. The van der Waals surface area contributed by atoms with Crippen LogP contribution >= 0.6 is 24.0 Å². The van der Waals surface area contributed by atoms with E-state index in [9.17, 15) is 13.6 Å². The van der Waals surface area contributed by atoms with E-state index in [1.807, 2.05) is 19.0 Å². The van der Waals surface area contributed by atoms with Gasteiger partial charge in [0, 0.05) is 59.4 Å². The molecule has 0 bridgehead atoms. The molecule has 2 aliphatic rings. The molecule has 2 saturated heterocycles. The van der Waals surface area contributed by atoms with E-state index in [0.717, 1.165) is 51.4 Å². The number of hydrogen-bond acceptors (Lipinski definition) is 4. The van der Waals surface area contributed by atoms with E-state index in [1.165, 1.54) is 12.1 Å². The minimum Gasteiger partial charge on any atom is -0.367 e. The summed E-state index contributed by atoms with van der Waals surface area (Å²) in [5.41, 5.74) is 0.432. The maximum Gasteiger partial charge on any atom is 0.239 e. The average Bonchev–Trinajstić information content (AvgIpc) is 3.39. The Morgan fingerprint density at radius 2 is 2.03 bits per heavy atom. The summed E-state index contributed by atoms with van der Waals surface area (Å²) in [4.78, 5) is 22.5. The highest BCUT2D eigenvalue weighted by Gasteiger charge is 2.31. The van der Waals surface area contributed by atoms with Gasteiger partial charge >= 0.3 is 0 Å². The van der Waals surface area contributed by atoms with E-state index < -0.39 is 11.6 Å². The summed E-state index contributed by atoms with van der Waals surface area (Å²) in [6, 6.07) is 3.84. The number of halogens is 3. The van der Waals surface area contributed by atoms with Crippen molar-refractivity contribution in [1.29, 1.82) is 0 Å². The Morgan fingerprint density at radius 1 is 1.25 bits per heavy atom. The van der Waals surface area contributed by atoms with E-state index in [0.29, 0.717) is 24.7 Å². The topological polar surface area (TPSA) is 63.2 Å². The van der Waals surface area contributed by atoms with Gasteiger partial charge in [0.05, 0.1) is 11.7 Å². The molecule has 32 heavy (non-hydrogen) atoms. The molecule has 2 atom stereocenters. The van der Waals surface area contributed by atoms with Crippen molar-refractivity contribution in [3.8, 4) is 0 Å². The summed E-state index contributed by atoms with van der Waals surface area (Å²) in [7, 11) is 5.35. The largest absolute Gasteiger partial charge is 0.367 e. The van der Waals surface area contributed by atoms with Gasteiger partial charge in [-0.15, -0.1) is 24.0 Å². The van der Waals surface area contributed by atoms with Gasteiger partial charge in [-0.3, -0.25) is 14.7 Å². The van der Waals surface area contributed by atoms with Crippen LogP contribution in [0, 0.1) is 11.6 Å². The van der Waals surface area contributed by atoms with Gasteiger partial charge in [0.1, 0.15) is 11.6 Å². The molecule has 1 amide bonds. The molecule has 2 N–H and O–H groups in total. The first-order chi connectivity index (χ1) is 14.9. The smallest absolute Gasteiger partial charge is 0.239 e. The summed E-state index contributed by atoms with van der Waals surface area (Å²) in [5.74, 6) is -0.192. The van der Waals surface area contributed by atoms with Crippen LogP contribution in [0.2, 0.25) is 0 Å². The first-order valence-corrected chi connectivity index (χ1v) is 11.0. The fourth-order valence-electron chi connectivity index (χ4n) is 4.38. The third-order valence-electron chi connectivity index (χ3n) is 6.01. The molecule has 1 aromatic carbocycles. The lowest BCUT2D eigenvalue weighted by atomic mass is 10.2. The number of nitrogens with zero attached hydrogens (tertiary/aromatic N) is 4. The molecule has 0 aliphatic carbocycles. The summed E-state index contributed by atoms with van der Waals surface area (Å²) in [6.45, 7) is 3.92. The maximum absolute atomic E-state index is 14.0. The molecule has 2 unspecified atom stereocenters. The molecule has 2 heterocycles. The predicted molar refractivity (Wildman–Crippen MR) is 135 cm³/mol. The van der Waals surface area contributed by atoms with Crippen LogP contribution in [0.25, 0.3) is 0 Å². The number of anilines is 1. The van der Waals surface area contributed by atoms with E-state index in [1.54, 1.807) is 11.9 Å². The van der Waals surface area contributed by atoms with Crippen molar-refractivity contribution in [3.63, 3.8) is 0 Å². The van der Waals surface area contributed by atoms with Gasteiger partial charge in [-0.05, 0) is 44.4 Å². The van der Waals surface area contributed by atoms with Crippen LogP contribution in [0.4, 0.5) is 14.5 Å². The first kappa shape index (κ1) is 26.6. The fourth-order valence-corrected chi connectivity index (χ4v) is 4.38. The molecule has 10 heteroatoms. The number of amides is 1. The highest BCUT2D eigenvalue weighted by Crippen LogP contribution is 2.24. The van der Waals surface area contributed by atoms with Crippen molar-refractivity contribution in [2.24, 2.45) is 4.99 Å². The average molecular weight is 564 g/mol. The molecule has 0 radical (unpaired) electrons. The van der Waals surface area contributed by atoms with Gasteiger partial charge in [0.15, 0.2) is 5.96 Å². The molecule has 0 saturated carbocycles. The SMILES string of the molecule is CN=C(NCCCN1CCCC1C(=O)N(C)C)NC1CCN(c2ccc(F)cc2F)C1.I. The lowest BCUT2D eigenvalue weighted by Crippen LogP contribution is -2.46. The molecule has 1 aromatic rings. The Bertz CT molecular complexity index is 794. The number of rotatable bonds is 7.